The van der Waals surface area contributed by atoms with Crippen LogP contribution in [-0.4, -0.2) is 5.48 Å². The molecule has 0 bridgehead atoms. The van der Waals surface area contributed by atoms with Gasteiger partial charge in [0, 0.05) is 0 Å². The summed E-state index contributed by atoms with van der Waals surface area (Å²) in [5, 5.41) is 0. The second-order valence-electron chi connectivity index (χ2n) is 0. The van der Waals surface area contributed by atoms with E-state index in [0.717, 1.165) is 0 Å². The zero-order valence-corrected chi connectivity index (χ0v) is 4.66. The van der Waals surface area contributed by atoms with E-state index in [4.69, 9.17) is 0 Å². The molecule has 0 aromatic heterocycles. The third-order valence-electron chi connectivity index (χ3n) is 0. The first kappa shape index (κ1) is 94.5. The van der Waals surface area contributed by atoms with Crippen LogP contribution in [0.4, 0.5) is 0 Å². The quantitative estimate of drug-likeness (QED) is 0.406. The van der Waals surface area contributed by atoms with E-state index in [2.05, 4.69) is 0 Å². The molecule has 0 aliphatic carbocycles. The average molecular weight is 119 g/mol. The van der Waals surface area contributed by atoms with Crippen molar-refractivity contribution < 1.29 is 28.3 Å². The van der Waals surface area contributed by atoms with E-state index < -0.39 is 0 Å². The van der Waals surface area contributed by atoms with Gasteiger partial charge in [-0.3, -0.25) is 0 Å². The van der Waals surface area contributed by atoms with Crippen molar-refractivity contribution in [2.75, 3.05) is 0 Å². The van der Waals surface area contributed by atoms with E-state index in [9.17, 15) is 0 Å². The maximum atomic E-state index is 0. The normalized spacial score (nSPS) is 0. The monoisotopic (exact) mass is 119 g/mol. The molecular weight excluding hydrogens is 115 g/mol. The third kappa shape index (κ3) is 13.1. The number of rotatable bonds is 0. The molecule has 1 atom stereocenters. The van der Waals surface area contributed by atoms with Gasteiger partial charge in [-0.15, -0.1) is 0 Å². The van der Waals surface area contributed by atoms with Gasteiger partial charge in [0.05, 0.1) is 0 Å². The Hall–Kier alpha value is 0.882. The summed E-state index contributed by atoms with van der Waals surface area (Å²) in [5.41, 5.74) is 0. The molecule has 0 aliphatic rings. The molecule has 1 N–H and O–H groups in total. The van der Waals surface area contributed by atoms with Crippen LogP contribution >= 0.6 is 9.90 Å². The van der Waals surface area contributed by atoms with Crippen LogP contribution in [0.5, 0.6) is 0 Å². The van der Waals surface area contributed by atoms with E-state index in [1.165, 1.54) is 0 Å². The molecule has 0 saturated heterocycles. The zero-order valence-electron chi connectivity index (χ0n) is 1.97. The van der Waals surface area contributed by atoms with Crippen LogP contribution in [0.25, 0.3) is 0 Å². The Morgan fingerprint density at radius 2 is 1.00 bits per heavy atom. The summed E-state index contributed by atoms with van der Waals surface area (Å²) in [4.78, 5) is 0. The predicted octanol–water partition coefficient (Wildman–Crippen LogP) is -0.240. The van der Waals surface area contributed by atoms with E-state index in [1.807, 2.05) is 0 Å². The van der Waals surface area contributed by atoms with Crippen LogP contribution in [0.3, 0.4) is 0 Å². The first-order valence-electron chi connectivity index (χ1n) is 0. The molecule has 4 heavy (non-hydrogen) atoms. The standard InChI is InChI=1S/Cr.H2O.O.H3P/h;1H2;;1H3/q+3;;-2;/p-1. The molecule has 4 heteroatoms. The molecule has 0 rings (SSSR count). The van der Waals surface area contributed by atoms with Crippen LogP contribution in [0.1, 0.15) is 0 Å². The summed E-state index contributed by atoms with van der Waals surface area (Å²) in [6.45, 7) is 0. The van der Waals surface area contributed by atoms with Crippen LogP contribution in [-0.2, 0) is 22.8 Å². The Kier molecular flexibility index (Phi) is 979. The van der Waals surface area contributed by atoms with Crippen molar-refractivity contribution in [1.29, 1.82) is 0 Å². The van der Waals surface area contributed by atoms with Gasteiger partial charge in [0.25, 0.3) is 0 Å². The molecule has 0 spiro atoms. The fourth-order valence-electron chi connectivity index (χ4n) is 0. The summed E-state index contributed by atoms with van der Waals surface area (Å²) in [7, 11) is 0. The van der Waals surface area contributed by atoms with E-state index in [0.29, 0.717) is 0 Å². The van der Waals surface area contributed by atoms with Gasteiger partial charge in [0.1, 0.15) is 0 Å². The van der Waals surface area contributed by atoms with Crippen LogP contribution < -0.4 is 0 Å². The summed E-state index contributed by atoms with van der Waals surface area (Å²) in [6.07, 6.45) is 0. The summed E-state index contributed by atoms with van der Waals surface area (Å²) in [5.74, 6) is 0. The summed E-state index contributed by atoms with van der Waals surface area (Å²) < 4.78 is 0. The first-order valence-corrected chi connectivity index (χ1v) is 0. The third-order valence-corrected chi connectivity index (χ3v) is 0. The Labute approximate surface area is 39.0 Å². The van der Waals surface area contributed by atoms with Crippen molar-refractivity contribution in [2.24, 2.45) is 0 Å². The van der Waals surface area contributed by atoms with Gasteiger partial charge < -0.3 is 11.0 Å². The van der Waals surface area contributed by atoms with Crippen LogP contribution in [0.2, 0.25) is 0 Å². The fourth-order valence-corrected chi connectivity index (χ4v) is 0. The van der Waals surface area contributed by atoms with Crippen LogP contribution in [0.15, 0.2) is 0 Å². The maximum Gasteiger partial charge on any atom is 3.00 e. The second-order valence-corrected chi connectivity index (χ2v) is 0. The predicted molar refractivity (Wildman–Crippen MR) is 13.7 cm³/mol. The maximum absolute atomic E-state index is 0. The molecular formula is H4CrO2P. The van der Waals surface area contributed by atoms with Gasteiger partial charge >= 0.3 is 17.4 Å². The van der Waals surface area contributed by atoms with Gasteiger partial charge in [-0.1, -0.05) is 0 Å². The summed E-state index contributed by atoms with van der Waals surface area (Å²) in [6, 6.07) is 0. The molecule has 0 aromatic rings. The molecule has 27 valence electrons. The molecule has 1 radical (unpaired) electrons. The van der Waals surface area contributed by atoms with E-state index in [1.54, 1.807) is 0 Å². The Bertz CT molecular complexity index is 6.00. The van der Waals surface area contributed by atoms with Gasteiger partial charge in [-0.2, -0.15) is 9.90 Å². The van der Waals surface area contributed by atoms with Crippen LogP contribution in [0, 0.1) is 0 Å². The molecule has 0 heterocycles. The second kappa shape index (κ2) is 41.4. The zero-order chi connectivity index (χ0) is 0. The van der Waals surface area contributed by atoms with Crippen molar-refractivity contribution in [2.45, 2.75) is 0 Å². The molecule has 0 saturated carbocycles. The van der Waals surface area contributed by atoms with Gasteiger partial charge in [0.2, 0.25) is 0 Å². The van der Waals surface area contributed by atoms with Crippen molar-refractivity contribution in [1.82, 2.24) is 0 Å². The Morgan fingerprint density at radius 1 is 1.00 bits per heavy atom. The average Bonchev–Trinajstić information content (AvgIpc) is 0. The van der Waals surface area contributed by atoms with Crippen molar-refractivity contribution >= 4 is 9.90 Å². The molecule has 1 unspecified atom stereocenters. The van der Waals surface area contributed by atoms with Crippen molar-refractivity contribution in [3.8, 4) is 0 Å². The number of hydrogen-bond acceptors (Lipinski definition) is 1. The summed E-state index contributed by atoms with van der Waals surface area (Å²) >= 11 is 0. The minimum atomic E-state index is 0. The smallest absolute Gasteiger partial charge is 2.00 e. The largest absolute Gasteiger partial charge is 3.00 e. The minimum Gasteiger partial charge on any atom is -2.00 e. The van der Waals surface area contributed by atoms with E-state index >= 15 is 0 Å². The Morgan fingerprint density at radius 3 is 1.00 bits per heavy atom. The molecule has 0 amide bonds. The van der Waals surface area contributed by atoms with Crippen molar-refractivity contribution in [3.05, 3.63) is 0 Å². The minimum absolute atomic E-state index is 0. The molecule has 0 fully saturated rings. The van der Waals surface area contributed by atoms with Gasteiger partial charge in [-0.25, -0.2) is 0 Å². The molecule has 2 nitrogen and oxygen atoms in total. The molecule has 0 aliphatic heterocycles. The topological polar surface area (TPSA) is 58.5 Å². The van der Waals surface area contributed by atoms with Crippen molar-refractivity contribution in [3.63, 3.8) is 0 Å². The first-order chi connectivity index (χ1) is 0. The SMILES string of the molecule is P.[Cr+3].[O-2].[OH-]. The van der Waals surface area contributed by atoms with Gasteiger partial charge in [0.15, 0.2) is 0 Å². The number of hydrogen-bond donors (Lipinski definition) is 0. The van der Waals surface area contributed by atoms with Gasteiger partial charge in [-0.05, 0) is 0 Å². The Balaban J connectivity index is 0. The van der Waals surface area contributed by atoms with E-state index in [-0.39, 0.29) is 38.2 Å². The molecule has 0 aromatic carbocycles. The fraction of sp³-hybridized carbons (Fsp3) is 0.